The van der Waals surface area contributed by atoms with Crippen LogP contribution in [-0.4, -0.2) is 75.0 Å². The zero-order valence-corrected chi connectivity index (χ0v) is 10.8. The summed E-state index contributed by atoms with van der Waals surface area (Å²) in [5.74, 6) is -1.13. The Kier molecular flexibility index (Phi) is 4.18. The Bertz CT molecular complexity index is 344. The number of carboxylic acids is 1. The zero-order chi connectivity index (χ0) is 14.1. The van der Waals surface area contributed by atoms with Crippen LogP contribution < -0.4 is 0 Å². The number of aliphatic hydroxyl groups is 2. The zero-order valence-electron chi connectivity index (χ0n) is 10.8. The topological polar surface area (TPSA) is 101 Å². The van der Waals surface area contributed by atoms with Gasteiger partial charge >= 0.3 is 12.0 Å². The molecule has 0 unspecified atom stereocenters. The lowest BCUT2D eigenvalue weighted by Crippen LogP contribution is -2.55. The molecule has 0 aromatic rings. The molecule has 0 aromatic heterocycles. The summed E-state index contributed by atoms with van der Waals surface area (Å²) < 4.78 is 0. The smallest absolute Gasteiger partial charge is 0.326 e. The highest BCUT2D eigenvalue weighted by Gasteiger charge is 2.42. The van der Waals surface area contributed by atoms with Crippen LogP contribution in [0.15, 0.2) is 0 Å². The maximum absolute atomic E-state index is 12.2. The van der Waals surface area contributed by atoms with Crippen molar-refractivity contribution in [3.05, 3.63) is 0 Å². The highest BCUT2D eigenvalue weighted by atomic mass is 16.4. The number of aliphatic hydroxyl groups excluding tert-OH is 2. The second-order valence-electron chi connectivity index (χ2n) is 5.21. The molecule has 1 saturated heterocycles. The summed E-state index contributed by atoms with van der Waals surface area (Å²) in [6.45, 7) is 3.12. The van der Waals surface area contributed by atoms with Crippen LogP contribution in [0.1, 0.15) is 20.3 Å². The summed E-state index contributed by atoms with van der Waals surface area (Å²) in [6.07, 6.45) is -0.783. The fourth-order valence-electron chi connectivity index (χ4n) is 1.82. The minimum absolute atomic E-state index is 0.00164. The second kappa shape index (κ2) is 5.11. The normalized spacial score (nSPS) is 24.2. The molecule has 2 atom stereocenters. The number of carboxylic acid groups (broad SMARTS) is 1. The Labute approximate surface area is 106 Å². The van der Waals surface area contributed by atoms with Crippen molar-refractivity contribution >= 4 is 12.0 Å². The number of β-amino-alcohol motifs (C(OH)–C–C–N with tert-alkyl or cyclic N) is 1. The highest BCUT2D eigenvalue weighted by molar-refractivity contribution is 5.83. The first-order chi connectivity index (χ1) is 8.20. The third-order valence-electron chi connectivity index (χ3n) is 3.39. The number of likely N-dealkylation sites (tertiary alicyclic amines) is 1. The van der Waals surface area contributed by atoms with E-state index >= 15 is 0 Å². The quantitative estimate of drug-likeness (QED) is 0.624. The van der Waals surface area contributed by atoms with Crippen molar-refractivity contribution in [1.29, 1.82) is 0 Å². The second-order valence-corrected chi connectivity index (χ2v) is 5.21. The predicted molar refractivity (Wildman–Crippen MR) is 63.1 cm³/mol. The van der Waals surface area contributed by atoms with Gasteiger partial charge in [0.1, 0.15) is 6.04 Å². The molecule has 1 rings (SSSR count). The number of carbonyl (C=O) groups is 2. The molecule has 0 saturated carbocycles. The van der Waals surface area contributed by atoms with Gasteiger partial charge in [-0.3, -0.25) is 0 Å². The highest BCUT2D eigenvalue weighted by Crippen LogP contribution is 2.22. The van der Waals surface area contributed by atoms with Gasteiger partial charge < -0.3 is 25.1 Å². The third-order valence-corrected chi connectivity index (χ3v) is 3.39. The van der Waals surface area contributed by atoms with Crippen LogP contribution in [0, 0.1) is 0 Å². The van der Waals surface area contributed by atoms with Crippen molar-refractivity contribution in [3.8, 4) is 0 Å². The van der Waals surface area contributed by atoms with Gasteiger partial charge in [0.25, 0.3) is 0 Å². The van der Waals surface area contributed by atoms with Crippen LogP contribution in [0.4, 0.5) is 4.79 Å². The van der Waals surface area contributed by atoms with Gasteiger partial charge in [0.15, 0.2) is 0 Å². The molecule has 1 fully saturated rings. The fourth-order valence-corrected chi connectivity index (χ4v) is 1.82. The molecular weight excluding hydrogens is 240 g/mol. The first-order valence-electron chi connectivity index (χ1n) is 5.77. The maximum atomic E-state index is 12.2. The summed E-state index contributed by atoms with van der Waals surface area (Å²) in [5, 5.41) is 27.7. The lowest BCUT2D eigenvalue weighted by molar-refractivity contribution is -0.141. The van der Waals surface area contributed by atoms with Crippen molar-refractivity contribution in [2.75, 3.05) is 20.2 Å². The molecule has 18 heavy (non-hydrogen) atoms. The van der Waals surface area contributed by atoms with Crippen LogP contribution in [0.2, 0.25) is 0 Å². The van der Waals surface area contributed by atoms with Crippen LogP contribution in [0.5, 0.6) is 0 Å². The summed E-state index contributed by atoms with van der Waals surface area (Å²) in [5.41, 5.74) is -0.784. The summed E-state index contributed by atoms with van der Waals surface area (Å²) >= 11 is 0. The number of nitrogens with zero attached hydrogens (tertiary/aromatic N) is 2. The molecule has 104 valence electrons. The Morgan fingerprint density at radius 3 is 2.44 bits per heavy atom. The van der Waals surface area contributed by atoms with E-state index in [9.17, 15) is 19.8 Å². The van der Waals surface area contributed by atoms with E-state index in [0.29, 0.717) is 0 Å². The maximum Gasteiger partial charge on any atom is 0.326 e. The fraction of sp³-hybridized carbons (Fsp3) is 0.818. The monoisotopic (exact) mass is 260 g/mol. The van der Waals surface area contributed by atoms with E-state index in [4.69, 9.17) is 5.11 Å². The van der Waals surface area contributed by atoms with E-state index in [1.54, 1.807) is 13.8 Å². The number of hydrogen-bond donors (Lipinski definition) is 3. The molecule has 0 spiro atoms. The summed E-state index contributed by atoms with van der Waals surface area (Å²) in [7, 11) is 1.50. The summed E-state index contributed by atoms with van der Waals surface area (Å²) in [4.78, 5) is 25.6. The van der Waals surface area contributed by atoms with Crippen LogP contribution in [0.3, 0.4) is 0 Å². The van der Waals surface area contributed by atoms with E-state index in [1.807, 2.05) is 0 Å². The number of rotatable bonds is 3. The van der Waals surface area contributed by atoms with Crippen molar-refractivity contribution in [2.24, 2.45) is 0 Å². The average Bonchev–Trinajstić information content (AvgIpc) is 2.69. The molecule has 1 aliphatic rings. The molecular formula is C11H20N2O5. The minimum atomic E-state index is -1.13. The minimum Gasteiger partial charge on any atom is -0.480 e. The van der Waals surface area contributed by atoms with Crippen molar-refractivity contribution in [2.45, 2.75) is 38.0 Å². The number of aliphatic carboxylic acids is 1. The SMILES string of the molecule is CN(C(=O)N1C[C@@H](O)C[C@H]1C(=O)O)C(C)(C)CO. The lowest BCUT2D eigenvalue weighted by Gasteiger charge is -2.37. The first kappa shape index (κ1) is 14.7. The van der Waals surface area contributed by atoms with Crippen molar-refractivity contribution in [3.63, 3.8) is 0 Å². The number of likely N-dealkylation sites (N-methyl/N-ethyl adjacent to an activating group) is 1. The van der Waals surface area contributed by atoms with E-state index in [0.717, 1.165) is 4.90 Å². The molecule has 0 aliphatic carbocycles. The number of carbonyl (C=O) groups excluding carboxylic acids is 1. The van der Waals surface area contributed by atoms with Gasteiger partial charge in [0, 0.05) is 20.0 Å². The number of amides is 2. The van der Waals surface area contributed by atoms with Gasteiger partial charge in [-0.15, -0.1) is 0 Å². The van der Waals surface area contributed by atoms with Gasteiger partial charge in [-0.25, -0.2) is 9.59 Å². The molecule has 1 heterocycles. The molecule has 1 aliphatic heterocycles. The van der Waals surface area contributed by atoms with Gasteiger partial charge in [0.05, 0.1) is 18.2 Å². The molecule has 2 amide bonds. The van der Waals surface area contributed by atoms with E-state index < -0.39 is 29.7 Å². The summed E-state index contributed by atoms with van der Waals surface area (Å²) in [6, 6.07) is -1.51. The number of hydrogen-bond acceptors (Lipinski definition) is 4. The van der Waals surface area contributed by atoms with Gasteiger partial charge in [-0.1, -0.05) is 0 Å². The van der Waals surface area contributed by atoms with Crippen LogP contribution >= 0.6 is 0 Å². The first-order valence-corrected chi connectivity index (χ1v) is 5.77. The molecule has 7 nitrogen and oxygen atoms in total. The molecule has 7 heteroatoms. The van der Waals surface area contributed by atoms with Gasteiger partial charge in [0.2, 0.25) is 0 Å². The molecule has 0 bridgehead atoms. The Balaban J connectivity index is 2.86. The molecule has 0 radical (unpaired) electrons. The van der Waals surface area contributed by atoms with Gasteiger partial charge in [-0.2, -0.15) is 0 Å². The Morgan fingerprint density at radius 1 is 1.44 bits per heavy atom. The number of urea groups is 1. The Morgan fingerprint density at radius 2 is 2.00 bits per heavy atom. The van der Waals surface area contributed by atoms with E-state index in [1.165, 1.54) is 11.9 Å². The van der Waals surface area contributed by atoms with Crippen LogP contribution in [-0.2, 0) is 4.79 Å². The standard InChI is InChI=1S/C11H20N2O5/c1-11(2,6-14)12(3)10(18)13-5-7(15)4-8(13)9(16)17/h7-8,14-15H,4-6H2,1-3H3,(H,16,17)/t7-,8-/m0/s1. The average molecular weight is 260 g/mol. The van der Waals surface area contributed by atoms with Crippen LogP contribution in [0.25, 0.3) is 0 Å². The van der Waals surface area contributed by atoms with Crippen molar-refractivity contribution < 1.29 is 24.9 Å². The largest absolute Gasteiger partial charge is 0.480 e. The predicted octanol–water partition coefficient (Wildman–Crippen LogP) is -0.671. The van der Waals surface area contributed by atoms with Crippen molar-refractivity contribution in [1.82, 2.24) is 9.80 Å². The molecule has 0 aromatic carbocycles. The van der Waals surface area contributed by atoms with Gasteiger partial charge in [-0.05, 0) is 13.8 Å². The third kappa shape index (κ3) is 2.73. The molecule has 3 N–H and O–H groups in total. The van der Waals surface area contributed by atoms with E-state index in [2.05, 4.69) is 0 Å². The van der Waals surface area contributed by atoms with E-state index in [-0.39, 0.29) is 19.6 Å². The lowest BCUT2D eigenvalue weighted by atomic mass is 10.1. The Hall–Kier alpha value is -1.34.